The second kappa shape index (κ2) is 61.5. The minimum absolute atomic E-state index is 0. The number of nitrogens with zero attached hydrogens (tertiary/aromatic N) is 3. The molecule has 788 valence electrons. The molecule has 15 aromatic rings. The zero-order valence-electron chi connectivity index (χ0n) is 85.2. The van der Waals surface area contributed by atoms with Gasteiger partial charge in [-0.15, -0.1) is 12.4 Å². The van der Waals surface area contributed by atoms with Gasteiger partial charge in [0.1, 0.15) is 48.2 Å². The zero-order valence-corrected chi connectivity index (χ0v) is 94.8. The van der Waals surface area contributed by atoms with Gasteiger partial charge < -0.3 is 37.1 Å². The largest absolute Gasteiger partial charge is 0.0622 e. The number of rotatable bonds is 30. The van der Waals surface area contributed by atoms with Crippen LogP contribution in [0.1, 0.15) is 160 Å². The van der Waals surface area contributed by atoms with Gasteiger partial charge in [-0.2, -0.15) is 0 Å². The monoisotopic (exact) mass is 2300 g/mol. The predicted octanol–water partition coefficient (Wildman–Crippen LogP) is 25.0. The van der Waals surface area contributed by atoms with Gasteiger partial charge in [-0.3, -0.25) is 43.1 Å². The van der Waals surface area contributed by atoms with Crippen LogP contribution in [-0.2, 0) is 103 Å². The van der Waals surface area contributed by atoms with Gasteiger partial charge in [-0.05, 0) is 247 Å². The molecular formula is C114H126BCl5F3N5O14P2PdS3. The Balaban J connectivity index is 0.000000220. The van der Waals surface area contributed by atoms with Gasteiger partial charge in [0.15, 0.2) is 6.67 Å². The summed E-state index contributed by atoms with van der Waals surface area (Å²) in [7, 11) is 4.46. The first-order valence-corrected chi connectivity index (χ1v) is 58.3. The van der Waals surface area contributed by atoms with Crippen LogP contribution in [0.25, 0.3) is 33.1 Å². The van der Waals surface area contributed by atoms with Crippen LogP contribution in [0, 0.1) is 0 Å². The smallest absolute Gasteiger partial charge is 0.0134 e. The number of carbonyl (C=O) groups excluding carboxylic acids is 3. The number of hydrogen-bond acceptors (Lipinski definition) is 17. The Morgan fingerprint density at radius 2 is 0.858 bits per heavy atom. The maximum absolute atomic E-state index is 14.1. The fraction of sp³-hybridized carbons (Fsp3) is 0.281. The molecule has 0 aliphatic carbocycles. The van der Waals surface area contributed by atoms with Crippen molar-refractivity contribution < 1.29 is 93.2 Å². The van der Waals surface area contributed by atoms with Crippen LogP contribution in [0.2, 0.25) is 10.0 Å². The average molecular weight is 2300 g/mol. The zero-order chi connectivity index (χ0) is 107. The third-order valence-electron chi connectivity index (χ3n) is 22.4. The Bertz CT molecular complexity index is 6380. The summed E-state index contributed by atoms with van der Waals surface area (Å²) in [4.78, 5) is 46.7. The van der Waals surface area contributed by atoms with E-state index in [0.29, 0.717) is 58.3 Å². The molecular weight excluding hydrogens is 2170 g/mol. The Morgan fingerprint density at radius 1 is 0.480 bits per heavy atom. The van der Waals surface area contributed by atoms with Crippen molar-refractivity contribution in [2.75, 3.05) is 39.0 Å². The third-order valence-corrected chi connectivity index (χ3v) is 32.6. The molecule has 5 atom stereocenters. The van der Waals surface area contributed by atoms with Crippen molar-refractivity contribution in [3.8, 4) is 22.6 Å². The third kappa shape index (κ3) is 38.8. The van der Waals surface area contributed by atoms with E-state index in [1.165, 1.54) is 56.4 Å². The predicted molar refractivity (Wildman–Crippen MR) is 605 cm³/mol. The van der Waals surface area contributed by atoms with E-state index in [2.05, 4.69) is 202 Å². The van der Waals surface area contributed by atoms with Crippen LogP contribution < -0.4 is 56.6 Å². The summed E-state index contributed by atoms with van der Waals surface area (Å²) in [5.74, 6) is -0.320. The molecule has 0 amide bonds. The molecule has 16 rings (SSSR count). The molecule has 0 spiro atoms. The van der Waals surface area contributed by atoms with Crippen LogP contribution >= 0.6 is 70.5 Å². The van der Waals surface area contributed by atoms with Crippen molar-refractivity contribution in [2.24, 2.45) is 5.14 Å². The maximum Gasteiger partial charge on any atom is -0.0134 e. The number of nitrogens with two attached hydrogens (primary N) is 1. The fourth-order valence-electron chi connectivity index (χ4n) is 14.0. The SMILES string of the molecule is CC(C)(C)[S@@](=O)NC(CF)c1cc(Cl)ccn1.CC(C)(C)[S@](N)=O.CCOC(=O)Cc1ccccc1OCc1cc(-c2ccnc(C(CF)C[S@](=O)C(C)(C)C)c2)c2occc2c1.CCOC(=O)Cc1ccccc1OCc1cc(B2OC(C)(C)C(C)(C)O2)c2occc2c1.Cl.O=C(CF)c1cc(Cl)ccn1.[Cl][Pd][Cl].c1ccc(P(c2ccccc2)c2ccccc2)cc1.c1ccc(P(c2ccccc2)c2ccccc2)cc1. The molecule has 5 aromatic heterocycles. The number of carbonyl (C=O) groups is 3. The fourth-order valence-corrected chi connectivity index (χ4v) is 20.9. The van der Waals surface area contributed by atoms with E-state index in [-0.39, 0.29) is 75.9 Å². The molecule has 1 saturated heterocycles. The number of halogens is 8. The molecule has 2 unspecified atom stereocenters. The number of ketones is 1. The van der Waals surface area contributed by atoms with E-state index in [9.17, 15) is 40.2 Å². The summed E-state index contributed by atoms with van der Waals surface area (Å²) >= 11 is 11.2. The van der Waals surface area contributed by atoms with E-state index in [1.54, 1.807) is 44.7 Å². The van der Waals surface area contributed by atoms with Crippen LogP contribution in [0.5, 0.6) is 11.5 Å². The van der Waals surface area contributed by atoms with Gasteiger partial charge in [-0.25, -0.2) is 21.9 Å². The number of ether oxygens (including phenoxy) is 4. The van der Waals surface area contributed by atoms with Gasteiger partial charge in [0.25, 0.3) is 0 Å². The topological polar surface area (TPSA) is 261 Å². The summed E-state index contributed by atoms with van der Waals surface area (Å²) in [6, 6.07) is 100. The second-order valence-corrected chi connectivity index (χ2v) is 50.7. The number of hydrogen-bond donors (Lipinski definition) is 2. The number of esters is 2. The van der Waals surface area contributed by atoms with Crippen molar-refractivity contribution in [3.63, 3.8) is 0 Å². The first-order chi connectivity index (χ1) is 70.2. The number of Topliss-reactive ketones (excluding diaryl/α,β-unsaturated/α-hetero) is 1. The van der Waals surface area contributed by atoms with Crippen LogP contribution in [0.4, 0.5) is 13.2 Å². The van der Waals surface area contributed by atoms with Crippen LogP contribution in [0.3, 0.4) is 0 Å². The van der Waals surface area contributed by atoms with Crippen molar-refractivity contribution in [2.45, 2.75) is 167 Å². The Labute approximate surface area is 910 Å². The summed E-state index contributed by atoms with van der Waals surface area (Å²) < 4.78 is 122. The number of aromatic nitrogens is 3. The van der Waals surface area contributed by atoms with Crippen molar-refractivity contribution in [1.29, 1.82) is 0 Å². The first-order valence-electron chi connectivity index (χ1n) is 47.2. The molecule has 1 aliphatic heterocycles. The standard InChI is InChI=1S/C31H34FNO5S.C25H29BO6.2C18H15P.C11H16ClFN2OS.C7H5ClFNO.C4H11NOS.3ClH.Pd/c1-5-36-29(34)17-23-8-6-7-9-28(23)38-19-21-14-24-11-13-37-30(24)26(15-21)22-10-12-33-27(16-22)25(18-32)20-39(35)31(2,3)4;1-6-28-22(27)15-18-9-7-8-10-21(18)30-16-17-13-19-11-12-29-23(19)20(14-17)26-31-24(2,3)25(4,5)32-26;2*1-4-10-16(11-5-1)19(17-12-6-2-7-13-17)18-14-8-3-9-15-18;1-11(2,3)17(16)15-10(7-13)9-6-8(12)4-5-14-9;8-5-1-2-10-6(3-5)7(11)4-9;1-4(2,3)7(5)6;;;;/h6-16,25H,5,17-20H2,1-4H3;7-14H,6,15-16H2,1-5H3;2*1-15H;4-6,10,15H,7H2,1-3H3;1-3H,4H2;5H2,1-3H3;3*1H;/q;;;;;;;;;;+2/p-2/t25?,39-;;;;10?,17-;;7-;;;;/m0...1.1..../s1. The number of benzene rings is 10. The van der Waals surface area contributed by atoms with Gasteiger partial charge in [0, 0.05) is 94.5 Å². The molecule has 10 aromatic carbocycles. The van der Waals surface area contributed by atoms with Crippen molar-refractivity contribution >= 4 is 187 Å². The molecule has 19 nitrogen and oxygen atoms in total. The number of para-hydroxylation sites is 2. The minimum atomic E-state index is -1.35. The van der Waals surface area contributed by atoms with E-state index in [1.807, 2.05) is 187 Å². The summed E-state index contributed by atoms with van der Waals surface area (Å²) in [5.41, 5.74) is 7.52. The second-order valence-electron chi connectivity index (χ2n) is 37.0. The normalized spacial score (nSPS) is 13.3. The summed E-state index contributed by atoms with van der Waals surface area (Å²) in [6.45, 7) is 27.2. The maximum atomic E-state index is 14.1. The Hall–Kier alpha value is -9.94. The quantitative estimate of drug-likeness (QED) is 0.0183. The number of alkyl halides is 3. The summed E-state index contributed by atoms with van der Waals surface area (Å²) in [6.07, 6.45) is 8.12. The Kier molecular flexibility index (Phi) is 51.2. The van der Waals surface area contributed by atoms with Crippen molar-refractivity contribution in [1.82, 2.24) is 19.7 Å². The molecule has 0 radical (unpaired) electrons. The molecule has 6 heterocycles. The van der Waals surface area contributed by atoms with Crippen molar-refractivity contribution in [3.05, 3.63) is 384 Å². The van der Waals surface area contributed by atoms with Crippen LogP contribution in [0.15, 0.2) is 343 Å². The van der Waals surface area contributed by atoms with E-state index >= 15 is 0 Å². The van der Waals surface area contributed by atoms with Gasteiger partial charge in [-0.1, -0.05) is 248 Å². The number of fused-ring (bicyclic) bond motifs is 2. The molecule has 148 heavy (non-hydrogen) atoms. The van der Waals surface area contributed by atoms with Gasteiger partial charge in [0.05, 0.1) is 99.7 Å². The molecule has 34 heteroatoms. The van der Waals surface area contributed by atoms with Crippen LogP contribution in [-0.4, -0.2) is 117 Å². The molecule has 1 aliphatic rings. The van der Waals surface area contributed by atoms with Gasteiger partial charge in [0.2, 0.25) is 5.78 Å². The number of pyridine rings is 3. The van der Waals surface area contributed by atoms with E-state index in [0.717, 1.165) is 55.2 Å². The molecule has 0 bridgehead atoms. The molecule has 3 N–H and O–H groups in total. The summed E-state index contributed by atoms with van der Waals surface area (Å²) in [5, 5.41) is 16.2. The Morgan fingerprint density at radius 3 is 1.24 bits per heavy atom. The number of furan rings is 2. The molecule has 1 fully saturated rings. The molecule has 0 saturated carbocycles. The minimum Gasteiger partial charge on any atom is -0.0622 e. The van der Waals surface area contributed by atoms with E-state index < -0.39 is 114 Å². The van der Waals surface area contributed by atoms with Gasteiger partial charge >= 0.3 is 54.1 Å². The first kappa shape index (κ1) is 123. The average Bonchev–Trinajstić information content (AvgIpc) is 1.60. The van der Waals surface area contributed by atoms with E-state index in [4.69, 9.17) is 84.5 Å². The number of nitrogens with one attached hydrogen (secondary N) is 1.